The minimum absolute atomic E-state index is 0.0244. The van der Waals surface area contributed by atoms with Crippen LogP contribution >= 0.6 is 23.2 Å². The van der Waals surface area contributed by atoms with Gasteiger partial charge in [-0.3, -0.25) is 4.79 Å². The van der Waals surface area contributed by atoms with Gasteiger partial charge in [-0.05, 0) is 24.6 Å². The van der Waals surface area contributed by atoms with Gasteiger partial charge in [0, 0.05) is 6.42 Å². The molecule has 1 rings (SSSR count). The molecule has 1 aromatic rings. The number of Topliss-reactive ketones (excluding diaryl/α,β-unsaturated/α-hetero) is 1. The van der Waals surface area contributed by atoms with Gasteiger partial charge in [0.1, 0.15) is 11.5 Å². The largest absolute Gasteiger partial charge is 0.299 e. The van der Waals surface area contributed by atoms with Crippen molar-refractivity contribution < 1.29 is 13.2 Å². The van der Waals surface area contributed by atoms with Crippen molar-refractivity contribution in [2.24, 2.45) is 0 Å². The van der Waals surface area contributed by atoms with Gasteiger partial charge in [-0.25, -0.2) is 8.42 Å². The Morgan fingerprint density at radius 1 is 1.24 bits per heavy atom. The summed E-state index contributed by atoms with van der Waals surface area (Å²) in [7, 11) is -3.61. The van der Waals surface area contributed by atoms with Gasteiger partial charge >= 0.3 is 0 Å². The van der Waals surface area contributed by atoms with Gasteiger partial charge in [0.2, 0.25) is 0 Å². The minimum atomic E-state index is -3.61. The highest BCUT2D eigenvalue weighted by atomic mass is 35.5. The van der Waals surface area contributed by atoms with E-state index >= 15 is 0 Å². The summed E-state index contributed by atoms with van der Waals surface area (Å²) in [6, 6.07) is 4.02. The molecule has 94 valence electrons. The predicted molar refractivity (Wildman–Crippen MR) is 68.4 cm³/mol. The molecule has 6 heteroatoms. The number of carbonyl (C=O) groups excluding carboxylic acids is 1. The fourth-order valence-corrected chi connectivity index (χ4v) is 2.99. The molecule has 0 aliphatic rings. The molecule has 17 heavy (non-hydrogen) atoms. The standard InChI is InChI=1S/C11H12Cl2O3S/c1-2-3-8(14)7-17(15,16)9-4-5-10(12)11(13)6-9/h4-6H,2-3,7H2,1H3. The Hall–Kier alpha value is -0.580. The van der Waals surface area contributed by atoms with Crippen LogP contribution in [0.3, 0.4) is 0 Å². The van der Waals surface area contributed by atoms with Crippen molar-refractivity contribution in [2.75, 3.05) is 5.75 Å². The molecule has 0 N–H and O–H groups in total. The van der Waals surface area contributed by atoms with Crippen LogP contribution in [0.2, 0.25) is 10.0 Å². The summed E-state index contributed by atoms with van der Waals surface area (Å²) < 4.78 is 23.7. The minimum Gasteiger partial charge on any atom is -0.299 e. The highest BCUT2D eigenvalue weighted by Gasteiger charge is 2.19. The maximum atomic E-state index is 11.9. The van der Waals surface area contributed by atoms with Crippen LogP contribution < -0.4 is 0 Å². The summed E-state index contributed by atoms with van der Waals surface area (Å²) >= 11 is 11.4. The van der Waals surface area contributed by atoms with Gasteiger partial charge in [-0.15, -0.1) is 0 Å². The zero-order valence-electron chi connectivity index (χ0n) is 9.24. The first-order valence-corrected chi connectivity index (χ1v) is 7.47. The molecule has 0 heterocycles. The Morgan fingerprint density at radius 3 is 2.41 bits per heavy atom. The average Bonchev–Trinajstić information content (AvgIpc) is 2.21. The summed E-state index contributed by atoms with van der Waals surface area (Å²) in [6.07, 6.45) is 0.899. The normalized spacial score (nSPS) is 11.5. The van der Waals surface area contributed by atoms with Crippen molar-refractivity contribution in [3.8, 4) is 0 Å². The van der Waals surface area contributed by atoms with Crippen LogP contribution in [0.25, 0.3) is 0 Å². The fraction of sp³-hybridized carbons (Fsp3) is 0.364. The summed E-state index contributed by atoms with van der Waals surface area (Å²) in [5, 5.41) is 0.446. The summed E-state index contributed by atoms with van der Waals surface area (Å²) in [6.45, 7) is 1.82. The van der Waals surface area contributed by atoms with Crippen LogP contribution in [0.5, 0.6) is 0 Å². The monoisotopic (exact) mass is 294 g/mol. The second-order valence-corrected chi connectivity index (χ2v) is 6.43. The van der Waals surface area contributed by atoms with E-state index in [4.69, 9.17) is 23.2 Å². The van der Waals surface area contributed by atoms with Crippen molar-refractivity contribution in [3.05, 3.63) is 28.2 Å². The second kappa shape index (κ2) is 5.85. The molecule has 0 aliphatic heterocycles. The summed E-state index contributed by atoms with van der Waals surface area (Å²) in [5.41, 5.74) is 0. The van der Waals surface area contributed by atoms with Crippen LogP contribution in [0, 0.1) is 0 Å². The molecule has 0 radical (unpaired) electrons. The summed E-state index contributed by atoms with van der Waals surface area (Å²) in [5.74, 6) is -0.780. The lowest BCUT2D eigenvalue weighted by molar-refractivity contribution is -0.116. The molecule has 0 amide bonds. The molecule has 0 spiro atoms. The lowest BCUT2D eigenvalue weighted by atomic mass is 10.3. The molecule has 3 nitrogen and oxygen atoms in total. The third-order valence-electron chi connectivity index (χ3n) is 2.13. The van der Waals surface area contributed by atoms with E-state index in [0.717, 1.165) is 0 Å². The first kappa shape index (κ1) is 14.5. The zero-order valence-corrected chi connectivity index (χ0v) is 11.6. The molecule has 0 aliphatic carbocycles. The molecule has 0 fully saturated rings. The number of rotatable bonds is 5. The molecule has 0 saturated carbocycles. The SMILES string of the molecule is CCCC(=O)CS(=O)(=O)c1ccc(Cl)c(Cl)c1. The molecule has 1 aromatic carbocycles. The first-order valence-electron chi connectivity index (χ1n) is 5.06. The van der Waals surface area contributed by atoms with Crippen LogP contribution in [-0.4, -0.2) is 20.0 Å². The van der Waals surface area contributed by atoms with Crippen molar-refractivity contribution in [1.29, 1.82) is 0 Å². The molecule has 0 saturated heterocycles. The van der Waals surface area contributed by atoms with E-state index in [1.165, 1.54) is 18.2 Å². The molecular weight excluding hydrogens is 283 g/mol. The highest BCUT2D eigenvalue weighted by molar-refractivity contribution is 7.92. The Labute approximate surface area is 111 Å². The van der Waals surface area contributed by atoms with Crippen LogP contribution in [0.1, 0.15) is 19.8 Å². The molecule has 0 bridgehead atoms. The van der Waals surface area contributed by atoms with Crippen molar-refractivity contribution in [3.63, 3.8) is 0 Å². The van der Waals surface area contributed by atoms with Crippen molar-refractivity contribution in [2.45, 2.75) is 24.7 Å². The lowest BCUT2D eigenvalue weighted by Gasteiger charge is -2.04. The Morgan fingerprint density at radius 2 is 1.88 bits per heavy atom. The number of hydrogen-bond donors (Lipinski definition) is 0. The van der Waals surface area contributed by atoms with E-state index < -0.39 is 15.6 Å². The van der Waals surface area contributed by atoms with Gasteiger partial charge in [-0.1, -0.05) is 30.1 Å². The number of benzene rings is 1. The Balaban J connectivity index is 2.97. The number of sulfone groups is 1. The number of ketones is 1. The quantitative estimate of drug-likeness (QED) is 0.838. The van der Waals surface area contributed by atoms with Gasteiger partial charge < -0.3 is 0 Å². The Bertz CT molecular complexity index is 524. The number of carbonyl (C=O) groups is 1. The lowest BCUT2D eigenvalue weighted by Crippen LogP contribution is -2.15. The van der Waals surface area contributed by atoms with Crippen molar-refractivity contribution >= 4 is 38.8 Å². The third kappa shape index (κ3) is 3.98. The second-order valence-electron chi connectivity index (χ2n) is 3.62. The van der Waals surface area contributed by atoms with Crippen LogP contribution in [-0.2, 0) is 14.6 Å². The van der Waals surface area contributed by atoms with Gasteiger partial charge in [0.15, 0.2) is 9.84 Å². The van der Waals surface area contributed by atoms with Gasteiger partial charge in [0.05, 0.1) is 14.9 Å². The molecule has 0 unspecified atom stereocenters. The number of halogens is 2. The maximum absolute atomic E-state index is 11.9. The van der Waals surface area contributed by atoms with E-state index in [9.17, 15) is 13.2 Å². The predicted octanol–water partition coefficient (Wildman–Crippen LogP) is 3.14. The molecule has 0 aromatic heterocycles. The molecule has 0 atom stereocenters. The van der Waals surface area contributed by atoms with Gasteiger partial charge in [-0.2, -0.15) is 0 Å². The van der Waals surface area contributed by atoms with Crippen LogP contribution in [0.4, 0.5) is 0 Å². The first-order chi connectivity index (χ1) is 7.86. The van der Waals surface area contributed by atoms with E-state index in [1.807, 2.05) is 6.92 Å². The number of hydrogen-bond acceptors (Lipinski definition) is 3. The van der Waals surface area contributed by atoms with Gasteiger partial charge in [0.25, 0.3) is 0 Å². The highest BCUT2D eigenvalue weighted by Crippen LogP contribution is 2.25. The fourth-order valence-electron chi connectivity index (χ4n) is 1.32. The van der Waals surface area contributed by atoms with Crippen molar-refractivity contribution in [1.82, 2.24) is 0 Å². The van der Waals surface area contributed by atoms with E-state index in [2.05, 4.69) is 0 Å². The summed E-state index contributed by atoms with van der Waals surface area (Å²) in [4.78, 5) is 11.4. The van der Waals surface area contributed by atoms with E-state index in [1.54, 1.807) is 0 Å². The topological polar surface area (TPSA) is 51.2 Å². The molecular formula is C11H12Cl2O3S. The maximum Gasteiger partial charge on any atom is 0.185 e. The smallest absolute Gasteiger partial charge is 0.185 e. The van der Waals surface area contributed by atoms with Crippen LogP contribution in [0.15, 0.2) is 23.1 Å². The van der Waals surface area contributed by atoms with E-state index in [-0.39, 0.29) is 27.1 Å². The van der Waals surface area contributed by atoms with E-state index in [0.29, 0.717) is 6.42 Å². The average molecular weight is 295 g/mol. The zero-order chi connectivity index (χ0) is 13.1. The Kier molecular flexibility index (Phi) is 4.98. The third-order valence-corrected chi connectivity index (χ3v) is 4.54.